The minimum absolute atomic E-state index is 0.264. The van der Waals surface area contributed by atoms with E-state index in [-0.39, 0.29) is 5.91 Å². The fourth-order valence-electron chi connectivity index (χ4n) is 1.50. The summed E-state index contributed by atoms with van der Waals surface area (Å²) in [5.41, 5.74) is 8.40. The summed E-state index contributed by atoms with van der Waals surface area (Å²) in [4.78, 5) is 15.9. The van der Waals surface area contributed by atoms with Crippen LogP contribution in [0.25, 0.3) is 0 Å². The summed E-state index contributed by atoms with van der Waals surface area (Å²) in [6.07, 6.45) is 3.23. The largest absolute Gasteiger partial charge is 0.398 e. The lowest BCUT2D eigenvalue weighted by atomic mass is 10.2. The van der Waals surface area contributed by atoms with Crippen LogP contribution in [0.5, 0.6) is 0 Å². The molecule has 0 unspecified atom stereocenters. The standard InChI is InChI=1S/C12H13BrN4O/c1-7-3-8(13)10(4-9(7)14)16-12(18)11-5-17(2)6-15-11/h3-6H,14H2,1-2H3,(H,16,18). The Kier molecular flexibility index (Phi) is 3.38. The second-order valence-electron chi connectivity index (χ2n) is 4.07. The molecule has 6 heteroatoms. The highest BCUT2D eigenvalue weighted by molar-refractivity contribution is 9.10. The van der Waals surface area contributed by atoms with Crippen molar-refractivity contribution in [1.82, 2.24) is 9.55 Å². The third kappa shape index (κ3) is 2.53. The number of carbonyl (C=O) groups excluding carboxylic acids is 1. The molecule has 1 aromatic heterocycles. The maximum absolute atomic E-state index is 11.9. The van der Waals surface area contributed by atoms with Gasteiger partial charge >= 0.3 is 0 Å². The van der Waals surface area contributed by atoms with E-state index in [4.69, 9.17) is 5.73 Å². The molecule has 1 amide bonds. The summed E-state index contributed by atoms with van der Waals surface area (Å²) in [5, 5.41) is 2.77. The van der Waals surface area contributed by atoms with E-state index in [2.05, 4.69) is 26.2 Å². The van der Waals surface area contributed by atoms with E-state index in [1.165, 1.54) is 0 Å². The first-order valence-corrected chi connectivity index (χ1v) is 6.11. The Labute approximate surface area is 113 Å². The number of carbonyl (C=O) groups is 1. The third-order valence-corrected chi connectivity index (χ3v) is 3.20. The van der Waals surface area contributed by atoms with Crippen LogP contribution in [0.2, 0.25) is 0 Å². The Bertz CT molecular complexity index is 606. The Balaban J connectivity index is 2.24. The summed E-state index contributed by atoms with van der Waals surface area (Å²) < 4.78 is 2.51. The predicted octanol–water partition coefficient (Wildman–Crippen LogP) is 2.33. The van der Waals surface area contributed by atoms with E-state index in [9.17, 15) is 4.79 Å². The zero-order valence-corrected chi connectivity index (χ0v) is 11.7. The normalized spacial score (nSPS) is 10.4. The number of hydrogen-bond acceptors (Lipinski definition) is 3. The summed E-state index contributed by atoms with van der Waals surface area (Å²) in [7, 11) is 1.81. The van der Waals surface area contributed by atoms with Gasteiger partial charge in [0.2, 0.25) is 0 Å². The number of rotatable bonds is 2. The second kappa shape index (κ2) is 4.81. The molecular weight excluding hydrogens is 296 g/mol. The van der Waals surface area contributed by atoms with E-state index in [0.29, 0.717) is 17.1 Å². The molecule has 0 spiro atoms. The number of nitrogens with two attached hydrogens (primary N) is 1. The third-order valence-electron chi connectivity index (χ3n) is 2.54. The molecule has 0 saturated carbocycles. The van der Waals surface area contributed by atoms with Gasteiger partial charge in [0.05, 0.1) is 12.0 Å². The number of halogens is 1. The number of amides is 1. The van der Waals surface area contributed by atoms with Gasteiger partial charge in [-0.05, 0) is 40.5 Å². The van der Waals surface area contributed by atoms with Crippen LogP contribution in [0.3, 0.4) is 0 Å². The molecule has 0 aliphatic carbocycles. The Hall–Kier alpha value is -1.82. The zero-order valence-electron chi connectivity index (χ0n) is 10.1. The number of benzene rings is 1. The van der Waals surface area contributed by atoms with Crippen LogP contribution < -0.4 is 11.1 Å². The van der Waals surface area contributed by atoms with Gasteiger partial charge in [0, 0.05) is 23.4 Å². The van der Waals surface area contributed by atoms with Gasteiger partial charge in [0.1, 0.15) is 5.69 Å². The molecule has 0 atom stereocenters. The van der Waals surface area contributed by atoms with E-state index in [1.807, 2.05) is 20.0 Å². The minimum Gasteiger partial charge on any atom is -0.398 e. The van der Waals surface area contributed by atoms with Crippen LogP contribution in [-0.2, 0) is 7.05 Å². The number of hydrogen-bond donors (Lipinski definition) is 2. The van der Waals surface area contributed by atoms with Crippen molar-refractivity contribution in [3.8, 4) is 0 Å². The van der Waals surface area contributed by atoms with Crippen LogP contribution in [0.4, 0.5) is 11.4 Å². The fraction of sp³-hybridized carbons (Fsp3) is 0.167. The van der Waals surface area contributed by atoms with E-state index in [1.54, 1.807) is 23.2 Å². The number of nitrogen functional groups attached to an aromatic ring is 1. The lowest BCUT2D eigenvalue weighted by Crippen LogP contribution is -2.13. The van der Waals surface area contributed by atoms with Gasteiger partial charge in [-0.2, -0.15) is 0 Å². The average Bonchev–Trinajstić information content (AvgIpc) is 2.73. The van der Waals surface area contributed by atoms with Gasteiger partial charge in [0.25, 0.3) is 5.91 Å². The van der Waals surface area contributed by atoms with Crippen LogP contribution >= 0.6 is 15.9 Å². The Morgan fingerprint density at radius 1 is 1.50 bits per heavy atom. The molecule has 1 heterocycles. The lowest BCUT2D eigenvalue weighted by molar-refractivity contribution is 0.102. The first-order chi connectivity index (χ1) is 8.47. The molecule has 2 rings (SSSR count). The number of nitrogens with one attached hydrogen (secondary N) is 1. The molecule has 0 aliphatic rings. The van der Waals surface area contributed by atoms with Crippen molar-refractivity contribution in [2.24, 2.45) is 7.05 Å². The topological polar surface area (TPSA) is 72.9 Å². The molecule has 1 aromatic carbocycles. The van der Waals surface area contributed by atoms with E-state index >= 15 is 0 Å². The van der Waals surface area contributed by atoms with Gasteiger partial charge in [0.15, 0.2) is 0 Å². The van der Waals surface area contributed by atoms with Gasteiger partial charge in [-0.3, -0.25) is 4.79 Å². The highest BCUT2D eigenvalue weighted by Crippen LogP contribution is 2.28. The number of nitrogens with zero attached hydrogens (tertiary/aromatic N) is 2. The summed E-state index contributed by atoms with van der Waals surface area (Å²) in [6, 6.07) is 3.59. The molecule has 0 aliphatic heterocycles. The van der Waals surface area contributed by atoms with Crippen LogP contribution in [0.1, 0.15) is 16.1 Å². The van der Waals surface area contributed by atoms with Crippen molar-refractivity contribution in [3.63, 3.8) is 0 Å². The van der Waals surface area contributed by atoms with Crippen molar-refractivity contribution in [2.75, 3.05) is 11.1 Å². The fourth-order valence-corrected chi connectivity index (χ4v) is 2.06. The molecule has 94 valence electrons. The summed E-state index contributed by atoms with van der Waals surface area (Å²) in [5.74, 6) is -0.264. The maximum Gasteiger partial charge on any atom is 0.275 e. The Morgan fingerprint density at radius 2 is 2.22 bits per heavy atom. The first kappa shape index (κ1) is 12.6. The van der Waals surface area contributed by atoms with Gasteiger partial charge in [-0.25, -0.2) is 4.98 Å². The average molecular weight is 309 g/mol. The summed E-state index contributed by atoms with van der Waals surface area (Å²) >= 11 is 3.39. The highest BCUT2D eigenvalue weighted by atomic mass is 79.9. The van der Waals surface area contributed by atoms with Crippen molar-refractivity contribution in [1.29, 1.82) is 0 Å². The van der Waals surface area contributed by atoms with Crippen molar-refractivity contribution >= 4 is 33.2 Å². The SMILES string of the molecule is Cc1cc(Br)c(NC(=O)c2cn(C)cn2)cc1N. The first-order valence-electron chi connectivity index (χ1n) is 5.32. The minimum atomic E-state index is -0.264. The summed E-state index contributed by atoms with van der Waals surface area (Å²) in [6.45, 7) is 1.91. The quantitative estimate of drug-likeness (QED) is 0.836. The van der Waals surface area contributed by atoms with E-state index in [0.717, 1.165) is 10.0 Å². The van der Waals surface area contributed by atoms with Crippen LogP contribution in [0.15, 0.2) is 29.1 Å². The molecule has 5 nitrogen and oxygen atoms in total. The monoisotopic (exact) mass is 308 g/mol. The van der Waals surface area contributed by atoms with Crippen molar-refractivity contribution in [2.45, 2.75) is 6.92 Å². The van der Waals surface area contributed by atoms with Gasteiger partial charge in [-0.15, -0.1) is 0 Å². The molecular formula is C12H13BrN4O. The van der Waals surface area contributed by atoms with Gasteiger partial charge < -0.3 is 15.6 Å². The van der Waals surface area contributed by atoms with Crippen molar-refractivity contribution < 1.29 is 4.79 Å². The highest BCUT2D eigenvalue weighted by Gasteiger charge is 2.11. The predicted molar refractivity (Wildman–Crippen MR) is 74.5 cm³/mol. The molecule has 2 aromatic rings. The molecule has 0 bridgehead atoms. The molecule has 0 fully saturated rings. The number of aromatic nitrogens is 2. The van der Waals surface area contributed by atoms with Crippen LogP contribution in [0, 0.1) is 6.92 Å². The van der Waals surface area contributed by atoms with Crippen molar-refractivity contribution in [3.05, 3.63) is 40.4 Å². The van der Waals surface area contributed by atoms with E-state index < -0.39 is 0 Å². The Morgan fingerprint density at radius 3 is 2.83 bits per heavy atom. The number of imidazole rings is 1. The smallest absolute Gasteiger partial charge is 0.275 e. The van der Waals surface area contributed by atoms with Gasteiger partial charge in [-0.1, -0.05) is 0 Å². The maximum atomic E-state index is 11.9. The van der Waals surface area contributed by atoms with Crippen LogP contribution in [-0.4, -0.2) is 15.5 Å². The lowest BCUT2D eigenvalue weighted by Gasteiger charge is -2.09. The molecule has 3 N–H and O–H groups in total. The zero-order chi connectivity index (χ0) is 13.3. The number of aryl methyl sites for hydroxylation is 2. The molecule has 0 radical (unpaired) electrons. The molecule has 0 saturated heterocycles. The second-order valence-corrected chi connectivity index (χ2v) is 4.92. The number of anilines is 2. The molecule has 18 heavy (non-hydrogen) atoms.